The Morgan fingerprint density at radius 2 is 1.72 bits per heavy atom. The first-order valence-electron chi connectivity index (χ1n) is 11.3. The molecule has 2 aliphatic heterocycles. The fraction of sp³-hybridized carbons (Fsp3) is 0.478. The van der Waals surface area contributed by atoms with Crippen molar-refractivity contribution in [1.29, 1.82) is 0 Å². The van der Waals surface area contributed by atoms with Crippen molar-refractivity contribution in [3.63, 3.8) is 0 Å². The smallest absolute Gasteiger partial charge is 0.243 e. The van der Waals surface area contributed by atoms with Gasteiger partial charge in [0.2, 0.25) is 15.9 Å². The van der Waals surface area contributed by atoms with Crippen molar-refractivity contribution in [1.82, 2.24) is 14.2 Å². The van der Waals surface area contributed by atoms with Gasteiger partial charge >= 0.3 is 0 Å². The van der Waals surface area contributed by atoms with Crippen LogP contribution in [0, 0.1) is 0 Å². The zero-order chi connectivity index (χ0) is 22.6. The highest BCUT2D eigenvalue weighted by Gasteiger charge is 2.28. The Labute approximate surface area is 190 Å². The fourth-order valence-corrected chi connectivity index (χ4v) is 5.84. The second-order valence-electron chi connectivity index (χ2n) is 8.37. The Bertz CT molecular complexity index is 1020. The molecule has 2 saturated heterocycles. The monoisotopic (exact) mass is 457 g/mol. The summed E-state index contributed by atoms with van der Waals surface area (Å²) in [6, 6.07) is 12.1. The first-order valence-corrected chi connectivity index (χ1v) is 12.7. The molecular formula is C23H31N5O3S. The van der Waals surface area contributed by atoms with Gasteiger partial charge in [0.25, 0.3) is 0 Å². The van der Waals surface area contributed by atoms with Crippen LogP contribution in [-0.2, 0) is 14.8 Å². The minimum Gasteiger partial charge on any atom is -0.354 e. The van der Waals surface area contributed by atoms with Gasteiger partial charge in [0.05, 0.1) is 10.9 Å². The van der Waals surface area contributed by atoms with E-state index >= 15 is 0 Å². The number of sulfonamides is 1. The lowest BCUT2D eigenvalue weighted by atomic mass is 10.2. The lowest BCUT2D eigenvalue weighted by Crippen LogP contribution is -2.53. The maximum absolute atomic E-state index is 12.9. The van der Waals surface area contributed by atoms with Crippen molar-refractivity contribution >= 4 is 27.4 Å². The number of piperidine rings is 1. The molecule has 1 N–H and O–H groups in total. The van der Waals surface area contributed by atoms with E-state index in [1.807, 2.05) is 25.1 Å². The highest BCUT2D eigenvalue weighted by atomic mass is 32.2. The summed E-state index contributed by atoms with van der Waals surface area (Å²) in [5.74, 6) is 0.819. The van der Waals surface area contributed by atoms with Gasteiger partial charge in [-0.15, -0.1) is 0 Å². The SMILES string of the molecule is CC(C(=O)Nc1cccc(S(=O)(=O)N2CCCCC2)c1)N1CCN(c2ccccn2)CC1. The van der Waals surface area contributed by atoms with Crippen molar-refractivity contribution in [3.8, 4) is 0 Å². The number of benzene rings is 1. The number of carbonyl (C=O) groups excluding carboxylic acids is 1. The highest BCUT2D eigenvalue weighted by molar-refractivity contribution is 7.89. The van der Waals surface area contributed by atoms with E-state index in [-0.39, 0.29) is 16.8 Å². The lowest BCUT2D eigenvalue weighted by molar-refractivity contribution is -0.120. The number of hydrogen-bond donors (Lipinski definition) is 1. The lowest BCUT2D eigenvalue weighted by Gasteiger charge is -2.37. The van der Waals surface area contributed by atoms with E-state index in [1.165, 1.54) is 0 Å². The van der Waals surface area contributed by atoms with E-state index in [0.717, 1.165) is 51.3 Å². The summed E-state index contributed by atoms with van der Waals surface area (Å²) in [4.78, 5) is 21.9. The van der Waals surface area contributed by atoms with Gasteiger partial charge in [-0.3, -0.25) is 9.69 Å². The molecular weight excluding hydrogens is 426 g/mol. The summed E-state index contributed by atoms with van der Waals surface area (Å²) in [5, 5.41) is 2.91. The maximum atomic E-state index is 12.9. The Morgan fingerprint density at radius 1 is 0.969 bits per heavy atom. The van der Waals surface area contributed by atoms with Crippen LogP contribution in [0.2, 0.25) is 0 Å². The largest absolute Gasteiger partial charge is 0.354 e. The average Bonchev–Trinajstić information content (AvgIpc) is 2.85. The number of amides is 1. The molecule has 1 unspecified atom stereocenters. The molecule has 1 amide bonds. The minimum atomic E-state index is -3.53. The Balaban J connectivity index is 1.36. The van der Waals surface area contributed by atoms with Gasteiger partial charge in [0, 0.05) is 51.2 Å². The van der Waals surface area contributed by atoms with Crippen LogP contribution in [0.4, 0.5) is 11.5 Å². The zero-order valence-corrected chi connectivity index (χ0v) is 19.3. The maximum Gasteiger partial charge on any atom is 0.243 e. The van der Waals surface area contributed by atoms with Crippen LogP contribution >= 0.6 is 0 Å². The summed E-state index contributed by atoms with van der Waals surface area (Å²) in [5.41, 5.74) is 0.507. The molecule has 1 aromatic heterocycles. The molecule has 32 heavy (non-hydrogen) atoms. The molecule has 3 heterocycles. The molecule has 0 saturated carbocycles. The predicted octanol–water partition coefficient (Wildman–Crippen LogP) is 2.41. The Kier molecular flexibility index (Phi) is 7.07. The van der Waals surface area contributed by atoms with Crippen LogP contribution in [0.1, 0.15) is 26.2 Å². The van der Waals surface area contributed by atoms with Gasteiger partial charge in [-0.25, -0.2) is 13.4 Å². The van der Waals surface area contributed by atoms with Crippen molar-refractivity contribution in [3.05, 3.63) is 48.7 Å². The van der Waals surface area contributed by atoms with Crippen LogP contribution < -0.4 is 10.2 Å². The van der Waals surface area contributed by atoms with E-state index < -0.39 is 10.0 Å². The second-order valence-corrected chi connectivity index (χ2v) is 10.3. The van der Waals surface area contributed by atoms with Crippen molar-refractivity contribution < 1.29 is 13.2 Å². The molecule has 1 aromatic carbocycles. The highest BCUT2D eigenvalue weighted by Crippen LogP contribution is 2.23. The molecule has 0 bridgehead atoms. The Hall–Kier alpha value is -2.49. The number of aromatic nitrogens is 1. The third kappa shape index (κ3) is 5.11. The van der Waals surface area contributed by atoms with Gasteiger partial charge in [0.1, 0.15) is 5.82 Å². The summed E-state index contributed by atoms with van der Waals surface area (Å²) in [7, 11) is -3.53. The molecule has 9 heteroatoms. The molecule has 4 rings (SSSR count). The summed E-state index contributed by atoms with van der Waals surface area (Å²) in [6.07, 6.45) is 4.63. The third-order valence-electron chi connectivity index (χ3n) is 6.27. The van der Waals surface area contributed by atoms with Gasteiger partial charge in [-0.2, -0.15) is 4.31 Å². The number of hydrogen-bond acceptors (Lipinski definition) is 6. The van der Waals surface area contributed by atoms with Crippen LogP contribution in [0.3, 0.4) is 0 Å². The minimum absolute atomic E-state index is 0.135. The van der Waals surface area contributed by atoms with E-state index in [4.69, 9.17) is 0 Å². The van der Waals surface area contributed by atoms with E-state index in [2.05, 4.69) is 20.1 Å². The molecule has 0 aliphatic carbocycles. The normalized spacial score (nSPS) is 19.5. The number of carbonyl (C=O) groups is 1. The van der Waals surface area contributed by atoms with Crippen LogP contribution in [0.5, 0.6) is 0 Å². The van der Waals surface area contributed by atoms with E-state index in [1.54, 1.807) is 34.8 Å². The second kappa shape index (κ2) is 9.97. The number of nitrogens with one attached hydrogen (secondary N) is 1. The molecule has 2 fully saturated rings. The summed E-state index contributed by atoms with van der Waals surface area (Å²) < 4.78 is 27.4. The summed E-state index contributed by atoms with van der Waals surface area (Å²) in [6.45, 7) is 6.13. The van der Waals surface area contributed by atoms with Crippen molar-refractivity contribution in [2.75, 3.05) is 49.5 Å². The fourth-order valence-electron chi connectivity index (χ4n) is 4.28. The molecule has 1 atom stereocenters. The third-order valence-corrected chi connectivity index (χ3v) is 8.16. The molecule has 172 valence electrons. The molecule has 0 spiro atoms. The standard InChI is InChI=1S/C23H31N5O3S/c1-19(26-14-16-27(17-15-26)22-10-3-4-11-24-22)23(29)25-20-8-7-9-21(18-20)32(30,31)28-12-5-2-6-13-28/h3-4,7-11,18-19H,2,5-6,12-17H2,1H3,(H,25,29). The van der Waals surface area contributed by atoms with E-state index in [9.17, 15) is 13.2 Å². The van der Waals surface area contributed by atoms with Gasteiger partial charge in [0.15, 0.2) is 0 Å². The quantitative estimate of drug-likeness (QED) is 0.717. The number of anilines is 2. The van der Waals surface area contributed by atoms with Gasteiger partial charge in [-0.1, -0.05) is 18.6 Å². The first-order chi connectivity index (χ1) is 15.4. The molecule has 2 aliphatic rings. The Morgan fingerprint density at radius 3 is 2.41 bits per heavy atom. The van der Waals surface area contributed by atoms with Gasteiger partial charge in [-0.05, 0) is 50.1 Å². The number of piperazine rings is 1. The van der Waals surface area contributed by atoms with Crippen LogP contribution in [0.25, 0.3) is 0 Å². The number of nitrogens with zero attached hydrogens (tertiary/aromatic N) is 4. The predicted molar refractivity (Wildman–Crippen MR) is 125 cm³/mol. The molecule has 2 aromatic rings. The number of pyridine rings is 1. The van der Waals surface area contributed by atoms with Gasteiger partial charge < -0.3 is 10.2 Å². The van der Waals surface area contributed by atoms with Crippen LogP contribution in [0.15, 0.2) is 53.6 Å². The molecule has 0 radical (unpaired) electrons. The average molecular weight is 458 g/mol. The van der Waals surface area contributed by atoms with Crippen molar-refractivity contribution in [2.45, 2.75) is 37.1 Å². The molecule has 8 nitrogen and oxygen atoms in total. The van der Waals surface area contributed by atoms with Crippen LogP contribution in [-0.4, -0.2) is 73.8 Å². The van der Waals surface area contributed by atoms with Crippen molar-refractivity contribution in [2.24, 2.45) is 0 Å². The van der Waals surface area contributed by atoms with E-state index in [0.29, 0.717) is 18.8 Å². The first kappa shape index (κ1) is 22.7. The number of rotatable bonds is 6. The summed E-state index contributed by atoms with van der Waals surface area (Å²) >= 11 is 0. The topological polar surface area (TPSA) is 85.8 Å². The zero-order valence-electron chi connectivity index (χ0n) is 18.5.